The van der Waals surface area contributed by atoms with Crippen LogP contribution in [0.25, 0.3) is 0 Å². The van der Waals surface area contributed by atoms with Crippen molar-refractivity contribution in [1.29, 1.82) is 0 Å². The van der Waals surface area contributed by atoms with E-state index >= 15 is 0 Å². The molecule has 0 atom stereocenters. The van der Waals surface area contributed by atoms with E-state index in [0.29, 0.717) is 13.2 Å². The molecule has 0 saturated carbocycles. The molecule has 0 bridgehead atoms. The highest BCUT2D eigenvalue weighted by Crippen LogP contribution is 2.33. The number of nitrogens with two attached hydrogens (primary N) is 1. The maximum absolute atomic E-state index is 11.7. The second-order valence-corrected chi connectivity index (χ2v) is 4.54. The summed E-state index contributed by atoms with van der Waals surface area (Å²) in [5, 5.41) is 0. The lowest BCUT2D eigenvalue weighted by Crippen LogP contribution is -2.36. The van der Waals surface area contributed by atoms with E-state index in [2.05, 4.69) is 0 Å². The molecule has 0 aromatic carbocycles. The third-order valence-corrected chi connectivity index (χ3v) is 4.02. The van der Waals surface area contributed by atoms with Crippen LogP contribution < -0.4 is 5.73 Å². The van der Waals surface area contributed by atoms with Gasteiger partial charge in [0.15, 0.2) is 0 Å². The molecule has 0 aliphatic rings. The van der Waals surface area contributed by atoms with Gasteiger partial charge in [-0.05, 0) is 19.8 Å². The summed E-state index contributed by atoms with van der Waals surface area (Å²) < 4.78 is 4.71. The van der Waals surface area contributed by atoms with Gasteiger partial charge in [0.1, 0.15) is 4.75 Å². The number of hydrogen-bond acceptors (Lipinski definition) is 4. The molecule has 2 N–H and O–H groups in total. The number of carbonyl (C=O) groups is 1. The monoisotopic (exact) mass is 219 g/mol. The molecule has 0 fully saturated rings. The van der Waals surface area contributed by atoms with Gasteiger partial charge in [0.05, 0.1) is 6.61 Å². The average Bonchev–Trinajstić information content (AvgIpc) is 2.21. The van der Waals surface area contributed by atoms with Crippen LogP contribution in [0.1, 0.15) is 33.6 Å². The van der Waals surface area contributed by atoms with Gasteiger partial charge in [-0.15, -0.1) is 11.8 Å². The second-order valence-electron chi connectivity index (χ2n) is 3.06. The molecule has 0 aliphatic carbocycles. The lowest BCUT2D eigenvalue weighted by molar-refractivity contribution is -0.146. The largest absolute Gasteiger partial charge is 0.465 e. The van der Waals surface area contributed by atoms with E-state index in [1.165, 1.54) is 0 Å². The normalized spacial score (nSPS) is 11.4. The van der Waals surface area contributed by atoms with Crippen molar-refractivity contribution >= 4 is 17.7 Å². The third-order valence-electron chi connectivity index (χ3n) is 2.29. The minimum absolute atomic E-state index is 0.0940. The molecule has 0 amide bonds. The van der Waals surface area contributed by atoms with E-state index in [1.54, 1.807) is 11.8 Å². The zero-order valence-electron chi connectivity index (χ0n) is 9.34. The molecule has 0 radical (unpaired) electrons. The van der Waals surface area contributed by atoms with Gasteiger partial charge in [0.2, 0.25) is 0 Å². The van der Waals surface area contributed by atoms with Crippen LogP contribution >= 0.6 is 11.8 Å². The van der Waals surface area contributed by atoms with Crippen LogP contribution in [-0.4, -0.2) is 29.6 Å². The van der Waals surface area contributed by atoms with Gasteiger partial charge in [-0.2, -0.15) is 0 Å². The summed E-state index contributed by atoms with van der Waals surface area (Å²) in [5.41, 5.74) is 5.45. The Morgan fingerprint density at radius 2 is 1.93 bits per heavy atom. The fraction of sp³-hybridized carbons (Fsp3) is 0.900. The van der Waals surface area contributed by atoms with E-state index in [9.17, 15) is 4.79 Å². The number of esters is 1. The molecule has 0 saturated heterocycles. The molecule has 84 valence electrons. The first-order chi connectivity index (χ1) is 6.66. The fourth-order valence-corrected chi connectivity index (χ4v) is 2.41. The Hall–Kier alpha value is -0.220. The van der Waals surface area contributed by atoms with Crippen LogP contribution in [-0.2, 0) is 9.53 Å². The number of carbonyl (C=O) groups excluding carboxylic acids is 1. The maximum Gasteiger partial charge on any atom is 0.322 e. The number of hydrogen-bond donors (Lipinski definition) is 1. The third kappa shape index (κ3) is 3.50. The van der Waals surface area contributed by atoms with Crippen LogP contribution in [0, 0.1) is 0 Å². The Kier molecular flexibility index (Phi) is 7.01. The number of thioether (sulfide) groups is 1. The fourth-order valence-electron chi connectivity index (χ4n) is 1.32. The van der Waals surface area contributed by atoms with Crippen LogP contribution in [0.15, 0.2) is 0 Å². The summed E-state index contributed by atoms with van der Waals surface area (Å²) in [5.74, 6) is 0.712. The van der Waals surface area contributed by atoms with Crippen LogP contribution in [0.2, 0.25) is 0 Å². The molecule has 0 aliphatic heterocycles. The maximum atomic E-state index is 11.7. The molecule has 0 rings (SSSR count). The Morgan fingerprint density at radius 3 is 2.29 bits per heavy atom. The average molecular weight is 219 g/mol. The van der Waals surface area contributed by atoms with Gasteiger partial charge < -0.3 is 10.5 Å². The summed E-state index contributed by atoms with van der Waals surface area (Å²) in [4.78, 5) is 11.7. The highest BCUT2D eigenvalue weighted by atomic mass is 32.2. The van der Waals surface area contributed by atoms with Crippen molar-refractivity contribution in [3.8, 4) is 0 Å². The Morgan fingerprint density at radius 1 is 1.36 bits per heavy atom. The minimum atomic E-state index is -0.380. The zero-order chi connectivity index (χ0) is 11.0. The highest BCUT2D eigenvalue weighted by Gasteiger charge is 2.36. The molecular weight excluding hydrogens is 198 g/mol. The van der Waals surface area contributed by atoms with E-state index in [0.717, 1.165) is 18.6 Å². The summed E-state index contributed by atoms with van der Waals surface area (Å²) in [6.45, 7) is 6.92. The van der Waals surface area contributed by atoms with Crippen molar-refractivity contribution in [3.05, 3.63) is 0 Å². The van der Waals surface area contributed by atoms with Gasteiger partial charge in [0, 0.05) is 12.3 Å². The SMILES string of the molecule is CCOC(=O)C(CC)(CC)SCCN. The molecule has 0 aromatic rings. The molecule has 0 aromatic heterocycles. The first-order valence-corrected chi connectivity index (χ1v) is 6.16. The molecule has 14 heavy (non-hydrogen) atoms. The van der Waals surface area contributed by atoms with E-state index < -0.39 is 0 Å². The molecule has 0 unspecified atom stereocenters. The Balaban J connectivity index is 4.42. The van der Waals surface area contributed by atoms with Crippen molar-refractivity contribution in [3.63, 3.8) is 0 Å². The van der Waals surface area contributed by atoms with Crippen molar-refractivity contribution in [1.82, 2.24) is 0 Å². The Bertz CT molecular complexity index is 170. The van der Waals surface area contributed by atoms with Crippen LogP contribution in [0.3, 0.4) is 0 Å². The smallest absolute Gasteiger partial charge is 0.322 e. The van der Waals surface area contributed by atoms with Crippen LogP contribution in [0.4, 0.5) is 0 Å². The molecule has 4 heteroatoms. The quantitative estimate of drug-likeness (QED) is 0.663. The van der Waals surface area contributed by atoms with Crippen molar-refractivity contribution in [2.24, 2.45) is 5.73 Å². The molecule has 0 heterocycles. The molecule has 0 spiro atoms. The highest BCUT2D eigenvalue weighted by molar-refractivity contribution is 8.01. The summed E-state index contributed by atoms with van der Waals surface area (Å²) in [7, 11) is 0. The van der Waals surface area contributed by atoms with E-state index in [1.807, 2.05) is 20.8 Å². The first kappa shape index (κ1) is 13.8. The minimum Gasteiger partial charge on any atom is -0.465 e. The summed E-state index contributed by atoms with van der Waals surface area (Å²) in [6, 6.07) is 0. The van der Waals surface area contributed by atoms with Gasteiger partial charge >= 0.3 is 5.97 Å². The van der Waals surface area contributed by atoms with Crippen molar-refractivity contribution in [2.45, 2.75) is 38.4 Å². The first-order valence-electron chi connectivity index (χ1n) is 5.18. The van der Waals surface area contributed by atoms with Gasteiger partial charge in [-0.3, -0.25) is 4.79 Å². The van der Waals surface area contributed by atoms with Gasteiger partial charge in [-0.25, -0.2) is 0 Å². The topological polar surface area (TPSA) is 52.3 Å². The van der Waals surface area contributed by atoms with Gasteiger partial charge in [0.25, 0.3) is 0 Å². The van der Waals surface area contributed by atoms with E-state index in [-0.39, 0.29) is 10.7 Å². The number of ether oxygens (including phenoxy) is 1. The Labute approximate surface area is 90.8 Å². The van der Waals surface area contributed by atoms with E-state index in [4.69, 9.17) is 10.5 Å². The van der Waals surface area contributed by atoms with Crippen molar-refractivity contribution < 1.29 is 9.53 Å². The summed E-state index contributed by atoms with van der Waals surface area (Å²) >= 11 is 1.62. The lowest BCUT2D eigenvalue weighted by atomic mass is 10.0. The number of rotatable bonds is 7. The summed E-state index contributed by atoms with van der Waals surface area (Å²) in [6.07, 6.45) is 1.60. The zero-order valence-corrected chi connectivity index (χ0v) is 10.2. The standard InChI is InChI=1S/C10H21NO2S/c1-4-10(5-2,14-8-7-11)9(12)13-6-3/h4-8,11H2,1-3H3. The lowest BCUT2D eigenvalue weighted by Gasteiger charge is -2.28. The predicted molar refractivity (Wildman–Crippen MR) is 61.5 cm³/mol. The second kappa shape index (κ2) is 7.12. The van der Waals surface area contributed by atoms with Crippen LogP contribution in [0.5, 0.6) is 0 Å². The van der Waals surface area contributed by atoms with Crippen molar-refractivity contribution in [2.75, 3.05) is 18.9 Å². The molecular formula is C10H21NO2S. The predicted octanol–water partition coefficient (Wildman–Crippen LogP) is 1.80. The van der Waals surface area contributed by atoms with Gasteiger partial charge in [-0.1, -0.05) is 13.8 Å². The molecule has 3 nitrogen and oxygen atoms in total.